The zero-order chi connectivity index (χ0) is 24.2. The van der Waals surface area contributed by atoms with E-state index < -0.39 is 0 Å². The molecule has 35 heavy (non-hydrogen) atoms. The molecule has 0 aliphatic heterocycles. The van der Waals surface area contributed by atoms with Crippen LogP contribution in [0.2, 0.25) is 0 Å². The van der Waals surface area contributed by atoms with E-state index >= 15 is 0 Å². The molecule has 0 bridgehead atoms. The molecule has 0 aliphatic carbocycles. The van der Waals surface area contributed by atoms with Crippen LogP contribution in [0, 0.1) is 5.92 Å². The molecular weight excluding hydrogens is 456 g/mol. The molecule has 3 aromatic heterocycles. The summed E-state index contributed by atoms with van der Waals surface area (Å²) in [5.74, 6) is 3.22. The first-order valence-electron chi connectivity index (χ1n) is 11.9. The zero-order valence-corrected chi connectivity index (χ0v) is 21.0. The summed E-state index contributed by atoms with van der Waals surface area (Å²) in [7, 11) is 0. The van der Waals surface area contributed by atoms with Crippen molar-refractivity contribution in [3.8, 4) is 22.6 Å². The van der Waals surface area contributed by atoms with Crippen LogP contribution in [0.15, 0.2) is 70.2 Å². The van der Waals surface area contributed by atoms with Gasteiger partial charge in [0.1, 0.15) is 0 Å². The fourth-order valence-electron chi connectivity index (χ4n) is 3.92. The smallest absolute Gasteiger partial charge is 0.226 e. The SMILES string of the molecule is CCc1nnc(CSc2nnc(-c3cc(-c4ccccc4)nc4ccccc34)n2CCC(C)C)o1. The highest BCUT2D eigenvalue weighted by Gasteiger charge is 2.19. The lowest BCUT2D eigenvalue weighted by Crippen LogP contribution is -2.06. The van der Waals surface area contributed by atoms with Gasteiger partial charge in [0.05, 0.1) is 17.0 Å². The number of benzene rings is 2. The third-order valence-electron chi connectivity index (χ3n) is 5.81. The van der Waals surface area contributed by atoms with Crippen LogP contribution in [0.5, 0.6) is 0 Å². The van der Waals surface area contributed by atoms with E-state index in [4.69, 9.17) is 9.40 Å². The minimum absolute atomic E-state index is 0.555. The van der Waals surface area contributed by atoms with Crippen molar-refractivity contribution >= 4 is 22.7 Å². The van der Waals surface area contributed by atoms with Crippen LogP contribution in [0.3, 0.4) is 0 Å². The van der Waals surface area contributed by atoms with Crippen molar-refractivity contribution in [2.45, 2.75) is 51.1 Å². The Bertz CT molecular complexity index is 1430. The molecule has 0 fully saturated rings. The molecule has 178 valence electrons. The number of aromatic nitrogens is 6. The number of aryl methyl sites for hydroxylation is 1. The average molecular weight is 485 g/mol. The maximum atomic E-state index is 5.70. The van der Waals surface area contributed by atoms with Gasteiger partial charge in [0.2, 0.25) is 11.8 Å². The largest absolute Gasteiger partial charge is 0.424 e. The molecule has 0 N–H and O–H groups in total. The van der Waals surface area contributed by atoms with Crippen molar-refractivity contribution < 1.29 is 4.42 Å². The van der Waals surface area contributed by atoms with Crippen LogP contribution < -0.4 is 0 Å². The van der Waals surface area contributed by atoms with Crippen molar-refractivity contribution in [1.29, 1.82) is 0 Å². The van der Waals surface area contributed by atoms with Gasteiger partial charge in [-0.05, 0) is 24.5 Å². The Labute approximate surface area is 209 Å². The van der Waals surface area contributed by atoms with Crippen molar-refractivity contribution in [2.75, 3.05) is 0 Å². The molecule has 0 saturated heterocycles. The molecule has 0 unspecified atom stereocenters. The van der Waals surface area contributed by atoms with E-state index in [-0.39, 0.29) is 0 Å². The molecular formula is C27H28N6OS. The van der Waals surface area contributed by atoms with E-state index in [0.717, 1.165) is 58.1 Å². The third-order valence-corrected chi connectivity index (χ3v) is 6.76. The topological polar surface area (TPSA) is 82.5 Å². The lowest BCUT2D eigenvalue weighted by atomic mass is 10.0. The van der Waals surface area contributed by atoms with Crippen molar-refractivity contribution in [3.63, 3.8) is 0 Å². The van der Waals surface area contributed by atoms with Crippen molar-refractivity contribution in [3.05, 3.63) is 72.4 Å². The lowest BCUT2D eigenvalue weighted by molar-refractivity contribution is 0.469. The highest BCUT2D eigenvalue weighted by Crippen LogP contribution is 2.34. The van der Waals surface area contributed by atoms with Gasteiger partial charge in [-0.2, -0.15) is 0 Å². The summed E-state index contributed by atoms with van der Waals surface area (Å²) >= 11 is 1.57. The van der Waals surface area contributed by atoms with E-state index in [1.54, 1.807) is 11.8 Å². The van der Waals surface area contributed by atoms with Crippen LogP contribution in [0.4, 0.5) is 0 Å². The Morgan fingerprint density at radius 3 is 2.46 bits per heavy atom. The van der Waals surface area contributed by atoms with Crippen LogP contribution in [-0.2, 0) is 18.7 Å². The summed E-state index contributed by atoms with van der Waals surface area (Å²) in [6, 6.07) is 20.6. The molecule has 0 saturated carbocycles. The van der Waals surface area contributed by atoms with Crippen LogP contribution >= 0.6 is 11.8 Å². The van der Waals surface area contributed by atoms with E-state index in [2.05, 4.69) is 69.1 Å². The van der Waals surface area contributed by atoms with Crippen molar-refractivity contribution in [2.24, 2.45) is 5.92 Å². The number of pyridine rings is 1. The number of fused-ring (bicyclic) bond motifs is 1. The van der Waals surface area contributed by atoms with Gasteiger partial charge in [-0.15, -0.1) is 20.4 Å². The second kappa shape index (κ2) is 10.4. The second-order valence-electron chi connectivity index (χ2n) is 8.81. The molecule has 2 aromatic carbocycles. The number of nitrogens with zero attached hydrogens (tertiary/aromatic N) is 6. The van der Waals surface area contributed by atoms with Crippen LogP contribution in [-0.4, -0.2) is 29.9 Å². The van der Waals surface area contributed by atoms with Gasteiger partial charge >= 0.3 is 0 Å². The quantitative estimate of drug-likeness (QED) is 0.223. The number of para-hydroxylation sites is 1. The molecule has 8 heteroatoms. The Kier molecular flexibility index (Phi) is 6.90. The minimum atomic E-state index is 0.555. The first-order valence-corrected chi connectivity index (χ1v) is 12.9. The number of hydrogen-bond donors (Lipinski definition) is 0. The molecule has 5 aromatic rings. The summed E-state index contributed by atoms with van der Waals surface area (Å²) in [5, 5.41) is 19.4. The summed E-state index contributed by atoms with van der Waals surface area (Å²) in [6.45, 7) is 7.29. The maximum Gasteiger partial charge on any atom is 0.226 e. The maximum absolute atomic E-state index is 5.70. The number of thioether (sulfide) groups is 1. The monoisotopic (exact) mass is 484 g/mol. The Balaban J connectivity index is 1.58. The Morgan fingerprint density at radius 1 is 0.914 bits per heavy atom. The first-order chi connectivity index (χ1) is 17.1. The molecule has 0 radical (unpaired) electrons. The molecule has 0 amide bonds. The molecule has 0 aliphatic rings. The fourth-order valence-corrected chi connectivity index (χ4v) is 4.72. The molecule has 7 nitrogen and oxygen atoms in total. The van der Waals surface area contributed by atoms with Gasteiger partial charge in [0, 0.05) is 29.5 Å². The van der Waals surface area contributed by atoms with Gasteiger partial charge in [0.15, 0.2) is 11.0 Å². The van der Waals surface area contributed by atoms with Gasteiger partial charge < -0.3 is 8.98 Å². The van der Waals surface area contributed by atoms with Gasteiger partial charge in [-0.3, -0.25) is 0 Å². The summed E-state index contributed by atoms with van der Waals surface area (Å²) < 4.78 is 7.92. The van der Waals surface area contributed by atoms with Gasteiger partial charge in [-0.1, -0.05) is 81.1 Å². The Hall–Kier alpha value is -3.52. The van der Waals surface area contributed by atoms with E-state index in [1.807, 2.05) is 37.3 Å². The summed E-state index contributed by atoms with van der Waals surface area (Å²) in [4.78, 5) is 4.94. The minimum Gasteiger partial charge on any atom is -0.424 e. The first kappa shape index (κ1) is 23.2. The summed E-state index contributed by atoms with van der Waals surface area (Å²) in [6.07, 6.45) is 1.75. The Morgan fingerprint density at radius 2 is 1.69 bits per heavy atom. The van der Waals surface area contributed by atoms with E-state index in [9.17, 15) is 0 Å². The fraction of sp³-hybridized carbons (Fsp3) is 0.296. The number of rotatable bonds is 9. The predicted octanol–water partition coefficient (Wildman–Crippen LogP) is 6.44. The normalized spacial score (nSPS) is 11.5. The standard InChI is InChI=1S/C27H28N6OS/c1-4-24-29-30-25(34-24)17-35-27-32-31-26(33(27)15-14-18(2)3)21-16-23(19-10-6-5-7-11-19)28-22-13-9-8-12-20(21)22/h5-13,16,18H,4,14-15,17H2,1-3H3. The van der Waals surface area contributed by atoms with Gasteiger partial charge in [0.25, 0.3) is 0 Å². The average Bonchev–Trinajstić information content (AvgIpc) is 3.52. The van der Waals surface area contributed by atoms with E-state index in [1.165, 1.54) is 0 Å². The molecule has 0 spiro atoms. The number of hydrogen-bond acceptors (Lipinski definition) is 7. The summed E-state index contributed by atoms with van der Waals surface area (Å²) in [5.41, 5.74) is 3.97. The second-order valence-corrected chi connectivity index (χ2v) is 9.75. The molecule has 0 atom stereocenters. The van der Waals surface area contributed by atoms with Gasteiger partial charge in [-0.25, -0.2) is 4.98 Å². The predicted molar refractivity (Wildman–Crippen MR) is 139 cm³/mol. The van der Waals surface area contributed by atoms with E-state index in [0.29, 0.717) is 23.5 Å². The molecule has 5 rings (SSSR count). The zero-order valence-electron chi connectivity index (χ0n) is 20.2. The third kappa shape index (κ3) is 5.12. The lowest BCUT2D eigenvalue weighted by Gasteiger charge is -2.14. The van der Waals surface area contributed by atoms with Crippen LogP contribution in [0.1, 0.15) is 39.0 Å². The highest BCUT2D eigenvalue weighted by atomic mass is 32.2. The molecule has 3 heterocycles. The van der Waals surface area contributed by atoms with Crippen LogP contribution in [0.25, 0.3) is 33.5 Å². The van der Waals surface area contributed by atoms with Crippen molar-refractivity contribution in [1.82, 2.24) is 29.9 Å². The highest BCUT2D eigenvalue weighted by molar-refractivity contribution is 7.98.